The molecular formula is C19H21ClN4O2. The maximum atomic E-state index is 9.54. The van der Waals surface area contributed by atoms with Gasteiger partial charge in [0.1, 0.15) is 5.82 Å². The molecular weight excluding hydrogens is 352 g/mol. The van der Waals surface area contributed by atoms with Gasteiger partial charge in [0, 0.05) is 43.1 Å². The standard InChI is InChI=1S/C19H21ClN4O2/c20-15-1-2-18-17(10-15)14(11-21)9-19(22-18)24-5-8-26-16(13-24)12-23-3-6-25-7-4-23/h1-2,9-10,16H,3-8,12-13H2. The van der Waals surface area contributed by atoms with Crippen LogP contribution in [0.4, 0.5) is 5.82 Å². The third-order valence-corrected chi connectivity index (χ3v) is 5.14. The highest BCUT2D eigenvalue weighted by Crippen LogP contribution is 2.26. The summed E-state index contributed by atoms with van der Waals surface area (Å²) < 4.78 is 11.4. The molecule has 2 aliphatic heterocycles. The molecule has 0 N–H and O–H groups in total. The molecule has 2 fully saturated rings. The van der Waals surface area contributed by atoms with E-state index in [0.717, 1.165) is 62.7 Å². The van der Waals surface area contributed by atoms with E-state index >= 15 is 0 Å². The molecule has 136 valence electrons. The molecule has 1 atom stereocenters. The summed E-state index contributed by atoms with van der Waals surface area (Å²) in [6.45, 7) is 6.59. The Labute approximate surface area is 157 Å². The number of ether oxygens (including phenoxy) is 2. The molecule has 2 aliphatic rings. The Morgan fingerprint density at radius 2 is 2.04 bits per heavy atom. The summed E-state index contributed by atoms with van der Waals surface area (Å²) in [7, 11) is 0. The van der Waals surface area contributed by atoms with Crippen molar-refractivity contribution in [2.45, 2.75) is 6.10 Å². The predicted octanol–water partition coefficient (Wildman–Crippen LogP) is 2.30. The van der Waals surface area contributed by atoms with Crippen molar-refractivity contribution in [3.05, 3.63) is 34.9 Å². The molecule has 0 bridgehead atoms. The number of pyridine rings is 1. The van der Waals surface area contributed by atoms with Crippen molar-refractivity contribution in [3.63, 3.8) is 0 Å². The van der Waals surface area contributed by atoms with Gasteiger partial charge in [0.15, 0.2) is 0 Å². The molecule has 26 heavy (non-hydrogen) atoms. The summed E-state index contributed by atoms with van der Waals surface area (Å²) in [5.74, 6) is 0.826. The smallest absolute Gasteiger partial charge is 0.130 e. The number of nitrogens with zero attached hydrogens (tertiary/aromatic N) is 4. The van der Waals surface area contributed by atoms with E-state index in [1.54, 1.807) is 6.07 Å². The summed E-state index contributed by atoms with van der Waals surface area (Å²) in [5.41, 5.74) is 1.39. The van der Waals surface area contributed by atoms with Gasteiger partial charge in [0.25, 0.3) is 0 Å². The highest BCUT2D eigenvalue weighted by Gasteiger charge is 2.25. The Morgan fingerprint density at radius 3 is 2.85 bits per heavy atom. The lowest BCUT2D eigenvalue weighted by Crippen LogP contribution is -2.50. The second-order valence-electron chi connectivity index (χ2n) is 6.65. The van der Waals surface area contributed by atoms with Crippen LogP contribution in [0.2, 0.25) is 5.02 Å². The van der Waals surface area contributed by atoms with Gasteiger partial charge in [-0.15, -0.1) is 0 Å². The van der Waals surface area contributed by atoms with E-state index in [0.29, 0.717) is 17.2 Å². The number of hydrogen-bond donors (Lipinski definition) is 0. The molecule has 1 aromatic carbocycles. The van der Waals surface area contributed by atoms with Gasteiger partial charge >= 0.3 is 0 Å². The topological polar surface area (TPSA) is 61.6 Å². The monoisotopic (exact) mass is 372 g/mol. The van der Waals surface area contributed by atoms with Crippen LogP contribution >= 0.6 is 11.6 Å². The summed E-state index contributed by atoms with van der Waals surface area (Å²) in [6.07, 6.45) is 0.134. The van der Waals surface area contributed by atoms with Crippen molar-refractivity contribution in [2.24, 2.45) is 0 Å². The predicted molar refractivity (Wildman–Crippen MR) is 101 cm³/mol. The van der Waals surface area contributed by atoms with Crippen molar-refractivity contribution in [2.75, 3.05) is 57.4 Å². The molecule has 0 spiro atoms. The van der Waals surface area contributed by atoms with Crippen LogP contribution in [0, 0.1) is 11.3 Å². The maximum Gasteiger partial charge on any atom is 0.130 e. The fraction of sp³-hybridized carbons (Fsp3) is 0.474. The number of fused-ring (bicyclic) bond motifs is 1. The Balaban J connectivity index is 1.54. The third kappa shape index (κ3) is 3.76. The van der Waals surface area contributed by atoms with E-state index < -0.39 is 0 Å². The van der Waals surface area contributed by atoms with Crippen LogP contribution in [-0.4, -0.2) is 68.5 Å². The van der Waals surface area contributed by atoms with E-state index in [4.69, 9.17) is 26.1 Å². The maximum absolute atomic E-state index is 9.54. The zero-order chi connectivity index (χ0) is 17.9. The molecule has 6 nitrogen and oxygen atoms in total. The molecule has 0 amide bonds. The molecule has 7 heteroatoms. The molecule has 2 aromatic rings. The first-order valence-electron chi connectivity index (χ1n) is 8.90. The van der Waals surface area contributed by atoms with E-state index in [1.165, 1.54) is 0 Å². The number of hydrogen-bond acceptors (Lipinski definition) is 6. The molecule has 4 rings (SSSR count). The zero-order valence-corrected chi connectivity index (χ0v) is 15.3. The normalized spacial score (nSPS) is 21.7. The number of halogens is 1. The quantitative estimate of drug-likeness (QED) is 0.823. The Morgan fingerprint density at radius 1 is 1.19 bits per heavy atom. The average Bonchev–Trinajstić information content (AvgIpc) is 2.68. The second-order valence-corrected chi connectivity index (χ2v) is 7.09. The first-order chi connectivity index (χ1) is 12.7. The van der Waals surface area contributed by atoms with Crippen LogP contribution in [0.25, 0.3) is 10.9 Å². The van der Waals surface area contributed by atoms with Gasteiger partial charge in [-0.25, -0.2) is 4.98 Å². The van der Waals surface area contributed by atoms with Gasteiger partial charge < -0.3 is 14.4 Å². The highest BCUT2D eigenvalue weighted by atomic mass is 35.5. The Hall–Kier alpha value is -1.91. The molecule has 1 aromatic heterocycles. The summed E-state index contributed by atoms with van der Waals surface area (Å²) in [5, 5.41) is 10.9. The molecule has 3 heterocycles. The van der Waals surface area contributed by atoms with Gasteiger partial charge in [0.2, 0.25) is 0 Å². The van der Waals surface area contributed by atoms with Gasteiger partial charge in [-0.3, -0.25) is 4.90 Å². The molecule has 1 unspecified atom stereocenters. The van der Waals surface area contributed by atoms with E-state index in [9.17, 15) is 5.26 Å². The van der Waals surface area contributed by atoms with Crippen molar-refractivity contribution in [3.8, 4) is 6.07 Å². The largest absolute Gasteiger partial charge is 0.379 e. The van der Waals surface area contributed by atoms with Crippen molar-refractivity contribution in [1.29, 1.82) is 5.26 Å². The third-order valence-electron chi connectivity index (χ3n) is 4.91. The highest BCUT2D eigenvalue weighted by molar-refractivity contribution is 6.31. The van der Waals surface area contributed by atoms with E-state index in [-0.39, 0.29) is 6.10 Å². The number of benzene rings is 1. The van der Waals surface area contributed by atoms with Crippen LogP contribution in [0.3, 0.4) is 0 Å². The fourth-order valence-electron chi connectivity index (χ4n) is 3.55. The van der Waals surface area contributed by atoms with E-state index in [1.807, 2.05) is 18.2 Å². The molecule has 0 saturated carbocycles. The van der Waals surface area contributed by atoms with Gasteiger partial charge in [-0.05, 0) is 24.3 Å². The van der Waals surface area contributed by atoms with Crippen LogP contribution in [0.5, 0.6) is 0 Å². The number of rotatable bonds is 3. The second kappa shape index (κ2) is 7.77. The van der Waals surface area contributed by atoms with Crippen molar-refractivity contribution < 1.29 is 9.47 Å². The lowest BCUT2D eigenvalue weighted by molar-refractivity contribution is -0.0172. The lowest BCUT2D eigenvalue weighted by Gasteiger charge is -2.37. The Kier molecular flexibility index (Phi) is 5.23. The Bertz CT molecular complexity index is 832. The number of aromatic nitrogens is 1. The van der Waals surface area contributed by atoms with Crippen molar-refractivity contribution >= 4 is 28.3 Å². The number of anilines is 1. The average molecular weight is 373 g/mol. The number of nitriles is 1. The van der Waals surface area contributed by atoms with Crippen LogP contribution in [0.1, 0.15) is 5.56 Å². The summed E-state index contributed by atoms with van der Waals surface area (Å²) in [4.78, 5) is 9.35. The lowest BCUT2D eigenvalue weighted by atomic mass is 10.1. The summed E-state index contributed by atoms with van der Waals surface area (Å²) in [6, 6.07) is 9.61. The minimum Gasteiger partial charge on any atom is -0.379 e. The minimum atomic E-state index is 0.134. The number of morpholine rings is 2. The zero-order valence-electron chi connectivity index (χ0n) is 14.5. The summed E-state index contributed by atoms with van der Waals surface area (Å²) >= 11 is 6.07. The van der Waals surface area contributed by atoms with Gasteiger partial charge in [0.05, 0.1) is 43.1 Å². The van der Waals surface area contributed by atoms with E-state index in [2.05, 4.69) is 15.9 Å². The first kappa shape index (κ1) is 17.5. The van der Waals surface area contributed by atoms with Crippen LogP contribution in [0.15, 0.2) is 24.3 Å². The molecule has 0 radical (unpaired) electrons. The van der Waals surface area contributed by atoms with Gasteiger partial charge in [-0.1, -0.05) is 11.6 Å². The molecule has 0 aliphatic carbocycles. The SMILES string of the molecule is N#Cc1cc(N2CCOC(CN3CCOCC3)C2)nc2ccc(Cl)cc12. The molecule has 2 saturated heterocycles. The van der Waals surface area contributed by atoms with Crippen LogP contribution < -0.4 is 4.90 Å². The van der Waals surface area contributed by atoms with Crippen LogP contribution in [-0.2, 0) is 9.47 Å². The van der Waals surface area contributed by atoms with Crippen molar-refractivity contribution in [1.82, 2.24) is 9.88 Å². The minimum absolute atomic E-state index is 0.134. The first-order valence-corrected chi connectivity index (χ1v) is 9.28. The fourth-order valence-corrected chi connectivity index (χ4v) is 3.72. The van der Waals surface area contributed by atoms with Gasteiger partial charge in [-0.2, -0.15) is 5.26 Å².